The lowest BCUT2D eigenvalue weighted by molar-refractivity contribution is -0.121. The number of urea groups is 1. The number of fused-ring (bicyclic) bond motifs is 1. The number of hydrogen-bond donors (Lipinski definition) is 1. The number of ether oxygens (including phenoxy) is 1. The maximum absolute atomic E-state index is 13.0. The molecule has 176 valence electrons. The standard InChI is InChI=1S/C27H35N3O3/c1-19(2)26(31)30(24-11-8-20(3)9-12-24)17-21-10-13-25-22(16-21)18-29(14-15-33-25)27(32)28-23-6-4-5-7-23/h8-13,16,19,23H,4-7,14-15,17-18H2,1-3H3,(H,28,32). The zero-order valence-corrected chi connectivity index (χ0v) is 20.0. The molecule has 2 aromatic rings. The van der Waals surface area contributed by atoms with Gasteiger partial charge in [0, 0.05) is 23.2 Å². The van der Waals surface area contributed by atoms with Crippen molar-refractivity contribution in [2.24, 2.45) is 5.92 Å². The summed E-state index contributed by atoms with van der Waals surface area (Å²) < 4.78 is 5.94. The van der Waals surface area contributed by atoms with Gasteiger partial charge in [-0.15, -0.1) is 0 Å². The van der Waals surface area contributed by atoms with Gasteiger partial charge >= 0.3 is 6.03 Å². The first-order chi connectivity index (χ1) is 15.9. The van der Waals surface area contributed by atoms with E-state index in [1.165, 1.54) is 12.8 Å². The minimum atomic E-state index is -0.106. The van der Waals surface area contributed by atoms with Crippen molar-refractivity contribution in [3.63, 3.8) is 0 Å². The summed E-state index contributed by atoms with van der Waals surface area (Å²) in [6, 6.07) is 14.4. The lowest BCUT2D eigenvalue weighted by atomic mass is 10.1. The number of aryl methyl sites for hydroxylation is 1. The molecule has 1 saturated carbocycles. The Morgan fingerprint density at radius 2 is 1.85 bits per heavy atom. The highest BCUT2D eigenvalue weighted by Gasteiger charge is 2.25. The van der Waals surface area contributed by atoms with E-state index in [1.807, 2.05) is 67.0 Å². The van der Waals surface area contributed by atoms with Crippen LogP contribution in [0.2, 0.25) is 0 Å². The van der Waals surface area contributed by atoms with Gasteiger partial charge in [-0.3, -0.25) is 4.79 Å². The molecule has 0 atom stereocenters. The van der Waals surface area contributed by atoms with Gasteiger partial charge in [0.05, 0.1) is 19.6 Å². The van der Waals surface area contributed by atoms with Crippen LogP contribution in [0.4, 0.5) is 10.5 Å². The van der Waals surface area contributed by atoms with Crippen molar-refractivity contribution >= 4 is 17.6 Å². The highest BCUT2D eigenvalue weighted by molar-refractivity contribution is 5.94. The average Bonchev–Trinajstić information content (AvgIpc) is 3.21. The van der Waals surface area contributed by atoms with Crippen LogP contribution < -0.4 is 15.0 Å². The van der Waals surface area contributed by atoms with Gasteiger partial charge in [0.1, 0.15) is 12.4 Å². The predicted molar refractivity (Wildman–Crippen MR) is 130 cm³/mol. The summed E-state index contributed by atoms with van der Waals surface area (Å²) in [6.45, 7) is 7.91. The number of benzene rings is 2. The molecule has 4 rings (SSSR count). The lowest BCUT2D eigenvalue weighted by Gasteiger charge is -2.26. The first kappa shape index (κ1) is 23.1. The number of nitrogens with zero attached hydrogens (tertiary/aromatic N) is 2. The van der Waals surface area contributed by atoms with Gasteiger partial charge < -0.3 is 19.9 Å². The highest BCUT2D eigenvalue weighted by atomic mass is 16.5. The van der Waals surface area contributed by atoms with E-state index in [9.17, 15) is 9.59 Å². The van der Waals surface area contributed by atoms with Crippen molar-refractivity contribution in [2.45, 2.75) is 65.6 Å². The zero-order valence-electron chi connectivity index (χ0n) is 20.0. The van der Waals surface area contributed by atoms with Gasteiger partial charge in [0.2, 0.25) is 5.91 Å². The number of rotatable bonds is 5. The van der Waals surface area contributed by atoms with Crippen LogP contribution >= 0.6 is 0 Å². The Labute approximate surface area is 196 Å². The molecular weight excluding hydrogens is 414 g/mol. The second kappa shape index (κ2) is 10.3. The van der Waals surface area contributed by atoms with Crippen LogP contribution in [0.3, 0.4) is 0 Å². The monoisotopic (exact) mass is 449 g/mol. The van der Waals surface area contributed by atoms with Gasteiger partial charge in [-0.25, -0.2) is 4.79 Å². The molecule has 2 aliphatic rings. The van der Waals surface area contributed by atoms with Crippen molar-refractivity contribution in [1.82, 2.24) is 10.2 Å². The number of nitrogens with one attached hydrogen (secondary N) is 1. The van der Waals surface area contributed by atoms with E-state index in [2.05, 4.69) is 11.4 Å². The smallest absolute Gasteiger partial charge is 0.318 e. The van der Waals surface area contributed by atoms with Crippen LogP contribution in [0, 0.1) is 12.8 Å². The summed E-state index contributed by atoms with van der Waals surface area (Å²) in [7, 11) is 0. The van der Waals surface area contributed by atoms with Crippen molar-refractivity contribution in [1.29, 1.82) is 0 Å². The second-order valence-corrected chi connectivity index (χ2v) is 9.56. The fraction of sp³-hybridized carbons (Fsp3) is 0.481. The Bertz CT molecular complexity index is 981. The number of hydrogen-bond acceptors (Lipinski definition) is 3. The molecule has 1 N–H and O–H groups in total. The fourth-order valence-corrected chi connectivity index (χ4v) is 4.57. The third-order valence-corrected chi connectivity index (χ3v) is 6.52. The van der Waals surface area contributed by atoms with E-state index in [0.29, 0.717) is 26.2 Å². The summed E-state index contributed by atoms with van der Waals surface area (Å²) >= 11 is 0. The van der Waals surface area contributed by atoms with Gasteiger partial charge in [0.15, 0.2) is 0 Å². The molecule has 0 radical (unpaired) electrons. The molecule has 1 aliphatic heterocycles. The molecule has 1 aliphatic carbocycles. The number of anilines is 1. The Morgan fingerprint density at radius 1 is 1.12 bits per heavy atom. The Morgan fingerprint density at radius 3 is 2.55 bits per heavy atom. The maximum atomic E-state index is 13.0. The molecule has 6 heteroatoms. The molecular formula is C27H35N3O3. The quantitative estimate of drug-likeness (QED) is 0.696. The maximum Gasteiger partial charge on any atom is 0.318 e. The fourth-order valence-electron chi connectivity index (χ4n) is 4.57. The van der Waals surface area contributed by atoms with Crippen molar-refractivity contribution in [3.05, 3.63) is 59.2 Å². The lowest BCUT2D eigenvalue weighted by Crippen LogP contribution is -2.44. The van der Waals surface area contributed by atoms with E-state index in [-0.39, 0.29) is 23.9 Å². The average molecular weight is 450 g/mol. The van der Waals surface area contributed by atoms with Gasteiger partial charge in [-0.05, 0) is 49.6 Å². The van der Waals surface area contributed by atoms with E-state index in [1.54, 1.807) is 0 Å². The summed E-state index contributed by atoms with van der Waals surface area (Å²) in [5, 5.41) is 3.19. The first-order valence-corrected chi connectivity index (χ1v) is 12.1. The third-order valence-electron chi connectivity index (χ3n) is 6.52. The minimum absolute atomic E-state index is 0.0139. The zero-order chi connectivity index (χ0) is 23.4. The van der Waals surface area contributed by atoms with Gasteiger partial charge in [0.25, 0.3) is 0 Å². The molecule has 2 aromatic carbocycles. The van der Waals surface area contributed by atoms with Gasteiger partial charge in [-0.2, -0.15) is 0 Å². The summed E-state index contributed by atoms with van der Waals surface area (Å²) in [5.74, 6) is 0.792. The molecule has 0 unspecified atom stereocenters. The largest absolute Gasteiger partial charge is 0.491 e. The molecule has 3 amide bonds. The van der Waals surface area contributed by atoms with Crippen molar-refractivity contribution < 1.29 is 14.3 Å². The van der Waals surface area contributed by atoms with Crippen molar-refractivity contribution in [2.75, 3.05) is 18.1 Å². The molecule has 0 spiro atoms. The van der Waals surface area contributed by atoms with Crippen LogP contribution in [-0.2, 0) is 17.9 Å². The number of carbonyl (C=O) groups is 2. The normalized spacial score (nSPS) is 16.2. The van der Waals surface area contributed by atoms with Crippen LogP contribution in [0.1, 0.15) is 56.2 Å². The highest BCUT2D eigenvalue weighted by Crippen LogP contribution is 2.27. The molecule has 1 fully saturated rings. The minimum Gasteiger partial charge on any atom is -0.491 e. The van der Waals surface area contributed by atoms with Crippen LogP contribution in [0.15, 0.2) is 42.5 Å². The molecule has 33 heavy (non-hydrogen) atoms. The second-order valence-electron chi connectivity index (χ2n) is 9.56. The van der Waals surface area contributed by atoms with Crippen LogP contribution in [0.5, 0.6) is 5.75 Å². The van der Waals surface area contributed by atoms with E-state index in [4.69, 9.17) is 4.74 Å². The molecule has 0 bridgehead atoms. The predicted octanol–water partition coefficient (Wildman–Crippen LogP) is 5.03. The SMILES string of the molecule is Cc1ccc(N(Cc2ccc3c(c2)CN(C(=O)NC2CCCC2)CCO3)C(=O)C(C)C)cc1. The number of amides is 3. The van der Waals surface area contributed by atoms with E-state index in [0.717, 1.165) is 41.0 Å². The van der Waals surface area contributed by atoms with Crippen LogP contribution in [0.25, 0.3) is 0 Å². The Kier molecular flexibility index (Phi) is 7.21. The molecule has 1 heterocycles. The molecule has 6 nitrogen and oxygen atoms in total. The van der Waals surface area contributed by atoms with Gasteiger partial charge in [-0.1, -0.05) is 50.5 Å². The number of carbonyl (C=O) groups excluding carboxylic acids is 2. The van der Waals surface area contributed by atoms with E-state index >= 15 is 0 Å². The van der Waals surface area contributed by atoms with Crippen molar-refractivity contribution in [3.8, 4) is 5.75 Å². The Balaban J connectivity index is 1.53. The summed E-state index contributed by atoms with van der Waals surface area (Å²) in [6.07, 6.45) is 4.50. The van der Waals surface area contributed by atoms with Crippen LogP contribution in [-0.4, -0.2) is 36.0 Å². The molecule has 0 aromatic heterocycles. The molecule has 0 saturated heterocycles. The third kappa shape index (κ3) is 5.67. The topological polar surface area (TPSA) is 61.9 Å². The van der Waals surface area contributed by atoms with E-state index < -0.39 is 0 Å². The Hall–Kier alpha value is -3.02. The summed E-state index contributed by atoms with van der Waals surface area (Å²) in [5.41, 5.74) is 4.05. The summed E-state index contributed by atoms with van der Waals surface area (Å²) in [4.78, 5) is 29.6. The first-order valence-electron chi connectivity index (χ1n) is 12.1.